The maximum atomic E-state index is 12.4. The number of likely N-dealkylation sites (tertiary alicyclic amines) is 1. The number of thiophene rings is 1. The van der Waals surface area contributed by atoms with Crippen molar-refractivity contribution >= 4 is 33.7 Å². The molecular formula is C17H22N4OS2. The second kappa shape index (κ2) is 7.21. The van der Waals surface area contributed by atoms with Crippen molar-refractivity contribution in [3.8, 4) is 0 Å². The van der Waals surface area contributed by atoms with Crippen LogP contribution in [0.3, 0.4) is 0 Å². The zero-order chi connectivity index (χ0) is 16.4. The Morgan fingerprint density at radius 3 is 2.58 bits per heavy atom. The average molecular weight is 363 g/mol. The minimum Gasteiger partial charge on any atom is -0.345 e. The Balaban J connectivity index is 1.32. The number of aromatic nitrogens is 1. The molecule has 2 aromatic rings. The summed E-state index contributed by atoms with van der Waals surface area (Å²) in [5.41, 5.74) is 2.00. The highest BCUT2D eigenvalue weighted by Crippen LogP contribution is 2.24. The lowest BCUT2D eigenvalue weighted by atomic mass is 10.2. The fourth-order valence-electron chi connectivity index (χ4n) is 3.35. The molecule has 24 heavy (non-hydrogen) atoms. The first-order valence-electron chi connectivity index (χ1n) is 8.53. The third-order valence-electron chi connectivity index (χ3n) is 4.73. The van der Waals surface area contributed by atoms with Gasteiger partial charge in [0.1, 0.15) is 0 Å². The van der Waals surface area contributed by atoms with Gasteiger partial charge in [-0.25, -0.2) is 4.98 Å². The van der Waals surface area contributed by atoms with Gasteiger partial charge >= 0.3 is 0 Å². The zero-order valence-electron chi connectivity index (χ0n) is 13.7. The summed E-state index contributed by atoms with van der Waals surface area (Å²) in [4.78, 5) is 24.0. The molecule has 0 spiro atoms. The van der Waals surface area contributed by atoms with Crippen molar-refractivity contribution in [2.75, 3.05) is 44.2 Å². The molecule has 0 N–H and O–H groups in total. The van der Waals surface area contributed by atoms with Crippen LogP contribution in [0.5, 0.6) is 0 Å². The molecule has 2 aliphatic heterocycles. The molecule has 0 unspecified atom stereocenters. The standard InChI is InChI=1S/C17H22N4OS2/c22-16(14-3-10-23-12-14)20-6-8-21(9-7-20)17-18-15(13-24-17)11-19-4-1-2-5-19/h3,10,12-13H,1-2,4-9,11H2. The Hall–Kier alpha value is -1.44. The van der Waals surface area contributed by atoms with Crippen LogP contribution in [0.25, 0.3) is 0 Å². The van der Waals surface area contributed by atoms with Gasteiger partial charge in [-0.15, -0.1) is 11.3 Å². The van der Waals surface area contributed by atoms with Crippen molar-refractivity contribution in [1.29, 1.82) is 0 Å². The molecule has 0 radical (unpaired) electrons. The van der Waals surface area contributed by atoms with Gasteiger partial charge in [-0.1, -0.05) is 0 Å². The highest BCUT2D eigenvalue weighted by Gasteiger charge is 2.24. The van der Waals surface area contributed by atoms with E-state index in [1.165, 1.54) is 31.6 Å². The Morgan fingerprint density at radius 2 is 1.88 bits per heavy atom. The molecule has 2 aromatic heterocycles. The molecule has 0 bridgehead atoms. The van der Waals surface area contributed by atoms with Gasteiger partial charge in [0, 0.05) is 43.5 Å². The van der Waals surface area contributed by atoms with E-state index >= 15 is 0 Å². The molecule has 128 valence electrons. The lowest BCUT2D eigenvalue weighted by Crippen LogP contribution is -2.48. The van der Waals surface area contributed by atoms with E-state index < -0.39 is 0 Å². The van der Waals surface area contributed by atoms with E-state index in [1.807, 2.05) is 21.7 Å². The first-order valence-corrected chi connectivity index (χ1v) is 10.3. The molecule has 2 aliphatic rings. The van der Waals surface area contributed by atoms with Crippen molar-refractivity contribution in [1.82, 2.24) is 14.8 Å². The molecule has 4 heterocycles. The van der Waals surface area contributed by atoms with Crippen LogP contribution in [0.15, 0.2) is 22.2 Å². The number of rotatable bonds is 4. The number of carbonyl (C=O) groups excluding carboxylic acids is 1. The smallest absolute Gasteiger partial charge is 0.254 e. The maximum absolute atomic E-state index is 12.4. The molecule has 0 atom stereocenters. The van der Waals surface area contributed by atoms with E-state index in [9.17, 15) is 4.79 Å². The number of anilines is 1. The average Bonchev–Trinajstić information content (AvgIpc) is 3.37. The highest BCUT2D eigenvalue weighted by atomic mass is 32.1. The molecule has 2 fully saturated rings. The maximum Gasteiger partial charge on any atom is 0.254 e. The van der Waals surface area contributed by atoms with Gasteiger partial charge in [-0.3, -0.25) is 9.69 Å². The summed E-state index contributed by atoms with van der Waals surface area (Å²) >= 11 is 3.31. The van der Waals surface area contributed by atoms with Crippen LogP contribution >= 0.6 is 22.7 Å². The van der Waals surface area contributed by atoms with Crippen molar-refractivity contribution in [3.05, 3.63) is 33.5 Å². The van der Waals surface area contributed by atoms with Gasteiger partial charge in [0.25, 0.3) is 5.91 Å². The SMILES string of the molecule is O=C(c1ccsc1)N1CCN(c2nc(CN3CCCC3)cs2)CC1. The molecule has 0 saturated carbocycles. The predicted molar refractivity (Wildman–Crippen MR) is 99.1 cm³/mol. The highest BCUT2D eigenvalue weighted by molar-refractivity contribution is 7.13. The minimum atomic E-state index is 0.157. The molecule has 0 aliphatic carbocycles. The summed E-state index contributed by atoms with van der Waals surface area (Å²) in [5.74, 6) is 0.157. The van der Waals surface area contributed by atoms with E-state index in [-0.39, 0.29) is 5.91 Å². The summed E-state index contributed by atoms with van der Waals surface area (Å²) in [7, 11) is 0. The number of hydrogen-bond donors (Lipinski definition) is 0. The summed E-state index contributed by atoms with van der Waals surface area (Å²) < 4.78 is 0. The van der Waals surface area contributed by atoms with Gasteiger partial charge in [0.05, 0.1) is 11.3 Å². The summed E-state index contributed by atoms with van der Waals surface area (Å²) in [6, 6.07) is 1.91. The van der Waals surface area contributed by atoms with Gasteiger partial charge in [0.2, 0.25) is 0 Å². The lowest BCUT2D eigenvalue weighted by Gasteiger charge is -2.34. The topological polar surface area (TPSA) is 39.7 Å². The number of thiazole rings is 1. The van der Waals surface area contributed by atoms with Gasteiger partial charge in [-0.05, 0) is 37.4 Å². The molecule has 2 saturated heterocycles. The van der Waals surface area contributed by atoms with Crippen molar-refractivity contribution in [2.45, 2.75) is 19.4 Å². The van der Waals surface area contributed by atoms with E-state index in [0.717, 1.165) is 43.4 Å². The lowest BCUT2D eigenvalue weighted by molar-refractivity contribution is 0.0747. The van der Waals surface area contributed by atoms with Crippen LogP contribution in [0.1, 0.15) is 28.9 Å². The molecule has 5 nitrogen and oxygen atoms in total. The van der Waals surface area contributed by atoms with Crippen LogP contribution in [0.2, 0.25) is 0 Å². The van der Waals surface area contributed by atoms with E-state index in [0.29, 0.717) is 0 Å². The molecule has 1 amide bonds. The Kier molecular flexibility index (Phi) is 4.82. The van der Waals surface area contributed by atoms with Crippen LogP contribution in [0.4, 0.5) is 5.13 Å². The first-order chi connectivity index (χ1) is 11.8. The Labute approximate surface area is 150 Å². The third kappa shape index (κ3) is 3.48. The van der Waals surface area contributed by atoms with Crippen molar-refractivity contribution in [3.63, 3.8) is 0 Å². The summed E-state index contributed by atoms with van der Waals surface area (Å²) in [6.07, 6.45) is 2.63. The second-order valence-electron chi connectivity index (χ2n) is 6.40. The quantitative estimate of drug-likeness (QED) is 0.838. The fraction of sp³-hybridized carbons (Fsp3) is 0.529. The number of carbonyl (C=O) groups is 1. The van der Waals surface area contributed by atoms with Gasteiger partial charge in [-0.2, -0.15) is 11.3 Å². The molecular weight excluding hydrogens is 340 g/mol. The van der Waals surface area contributed by atoms with Gasteiger partial charge < -0.3 is 9.80 Å². The van der Waals surface area contributed by atoms with Crippen molar-refractivity contribution < 1.29 is 4.79 Å². The molecule has 0 aromatic carbocycles. The minimum absolute atomic E-state index is 0.157. The third-order valence-corrected chi connectivity index (χ3v) is 6.36. The largest absolute Gasteiger partial charge is 0.345 e. The number of amides is 1. The molecule has 4 rings (SSSR count). The van der Waals surface area contributed by atoms with Gasteiger partial charge in [0.15, 0.2) is 5.13 Å². The van der Waals surface area contributed by atoms with Crippen LogP contribution in [0, 0.1) is 0 Å². The van der Waals surface area contributed by atoms with E-state index in [4.69, 9.17) is 4.98 Å². The van der Waals surface area contributed by atoms with E-state index in [2.05, 4.69) is 15.2 Å². The first kappa shape index (κ1) is 16.1. The van der Waals surface area contributed by atoms with Crippen LogP contribution in [-0.2, 0) is 6.54 Å². The normalized spacial score (nSPS) is 19.2. The predicted octanol–water partition coefficient (Wildman–Crippen LogP) is 2.76. The number of nitrogens with zero attached hydrogens (tertiary/aromatic N) is 4. The number of piperazine rings is 1. The van der Waals surface area contributed by atoms with Crippen LogP contribution in [-0.4, -0.2) is 60.0 Å². The second-order valence-corrected chi connectivity index (χ2v) is 8.01. The number of hydrogen-bond acceptors (Lipinski definition) is 6. The fourth-order valence-corrected chi connectivity index (χ4v) is 4.85. The van der Waals surface area contributed by atoms with E-state index in [1.54, 1.807) is 22.7 Å². The van der Waals surface area contributed by atoms with Crippen LogP contribution < -0.4 is 4.90 Å². The summed E-state index contributed by atoms with van der Waals surface area (Å²) in [5, 5.41) is 7.18. The Bertz CT molecular complexity index is 671. The molecule has 7 heteroatoms. The van der Waals surface area contributed by atoms with Crippen molar-refractivity contribution in [2.24, 2.45) is 0 Å². The summed E-state index contributed by atoms with van der Waals surface area (Å²) in [6.45, 7) is 6.67. The zero-order valence-corrected chi connectivity index (χ0v) is 15.3. The Morgan fingerprint density at radius 1 is 1.08 bits per heavy atom. The monoisotopic (exact) mass is 362 g/mol.